The first-order chi connectivity index (χ1) is 5.06. The molecule has 0 atom stereocenters. The van der Waals surface area contributed by atoms with Gasteiger partial charge in [-0.05, 0) is 15.2 Å². The molecule has 0 aliphatic rings. The zero-order valence-electron chi connectivity index (χ0n) is 5.45. The molecular formula is C2H4O8P2-4. The summed E-state index contributed by atoms with van der Waals surface area (Å²) in [5.74, 6) is 0. The van der Waals surface area contributed by atoms with Gasteiger partial charge in [-0.3, -0.25) is 0 Å². The summed E-state index contributed by atoms with van der Waals surface area (Å²) in [6, 6.07) is 0. The van der Waals surface area contributed by atoms with Crippen LogP contribution in [-0.4, -0.2) is 21.9 Å². The van der Waals surface area contributed by atoms with Gasteiger partial charge in [-0.2, -0.15) is 0 Å². The van der Waals surface area contributed by atoms with Gasteiger partial charge in [0.25, 0.3) is 0 Å². The molecule has 0 saturated heterocycles. The Balaban J connectivity index is 5.25. The molecule has 12 heavy (non-hydrogen) atoms. The van der Waals surface area contributed by atoms with Gasteiger partial charge in [0.05, 0.1) is 6.61 Å². The first kappa shape index (κ1) is 12.2. The van der Waals surface area contributed by atoms with Gasteiger partial charge in [-0.1, -0.05) is 0 Å². The maximum atomic E-state index is 10.0. The lowest BCUT2D eigenvalue weighted by Crippen LogP contribution is -2.48. The summed E-state index contributed by atoms with van der Waals surface area (Å²) in [7, 11) is -12.2. The van der Waals surface area contributed by atoms with E-state index in [1.807, 2.05) is 0 Å². The van der Waals surface area contributed by atoms with Crippen molar-refractivity contribution >= 4 is 15.2 Å². The van der Waals surface area contributed by atoms with Crippen molar-refractivity contribution in [1.82, 2.24) is 0 Å². The van der Waals surface area contributed by atoms with Crippen molar-refractivity contribution in [1.29, 1.82) is 0 Å². The van der Waals surface area contributed by atoms with Crippen LogP contribution in [0.2, 0.25) is 0 Å². The highest BCUT2D eigenvalue weighted by Crippen LogP contribution is 2.58. The number of hydrogen-bond acceptors (Lipinski definition) is 8. The van der Waals surface area contributed by atoms with Crippen molar-refractivity contribution in [3.8, 4) is 0 Å². The molecule has 0 amide bonds. The van der Waals surface area contributed by atoms with Crippen molar-refractivity contribution < 1.29 is 38.9 Å². The number of aliphatic hydroxyl groups is 2. The fourth-order valence-electron chi connectivity index (χ4n) is 0.323. The van der Waals surface area contributed by atoms with E-state index in [0.717, 1.165) is 0 Å². The summed E-state index contributed by atoms with van der Waals surface area (Å²) in [6.45, 7) is -1.97. The molecule has 74 valence electrons. The molecule has 0 radical (unpaired) electrons. The molecule has 0 unspecified atom stereocenters. The highest BCUT2D eigenvalue weighted by molar-refractivity contribution is 7.69. The summed E-state index contributed by atoms with van der Waals surface area (Å²) >= 11 is 0. The van der Waals surface area contributed by atoms with E-state index in [4.69, 9.17) is 10.2 Å². The minimum Gasteiger partial charge on any atom is -0.808 e. The third-order valence-electron chi connectivity index (χ3n) is 1.09. The lowest BCUT2D eigenvalue weighted by Gasteiger charge is -2.54. The molecule has 0 aromatic rings. The van der Waals surface area contributed by atoms with Crippen molar-refractivity contribution in [3.05, 3.63) is 0 Å². The number of rotatable bonds is 3. The van der Waals surface area contributed by atoms with E-state index in [1.54, 1.807) is 0 Å². The quantitative estimate of drug-likeness (QED) is 0.446. The molecule has 0 rings (SSSR count). The molecule has 0 fully saturated rings. The lowest BCUT2D eigenvalue weighted by molar-refractivity contribution is -0.350. The highest BCUT2D eigenvalue weighted by Gasteiger charge is 2.34. The van der Waals surface area contributed by atoms with Crippen molar-refractivity contribution in [2.24, 2.45) is 0 Å². The summed E-state index contributed by atoms with van der Waals surface area (Å²) in [5, 5.41) is 12.4. The predicted molar refractivity (Wildman–Crippen MR) is 27.2 cm³/mol. The minimum absolute atomic E-state index is 1.97. The van der Waals surface area contributed by atoms with Crippen LogP contribution in [0.3, 0.4) is 0 Å². The van der Waals surface area contributed by atoms with Crippen molar-refractivity contribution in [3.63, 3.8) is 0 Å². The molecule has 0 aromatic heterocycles. The van der Waals surface area contributed by atoms with E-state index >= 15 is 0 Å². The third kappa shape index (κ3) is 1.93. The van der Waals surface area contributed by atoms with Crippen LogP contribution in [0.25, 0.3) is 0 Å². The van der Waals surface area contributed by atoms with Crippen LogP contribution in [0.15, 0.2) is 0 Å². The molecule has 0 spiro atoms. The first-order valence-electron chi connectivity index (χ1n) is 2.44. The number of hydrogen-bond donors (Lipinski definition) is 2. The second-order valence-electron chi connectivity index (χ2n) is 1.93. The molecular weight excluding hydrogens is 214 g/mol. The molecule has 0 aromatic carbocycles. The van der Waals surface area contributed by atoms with Crippen LogP contribution in [0.5, 0.6) is 0 Å². The van der Waals surface area contributed by atoms with E-state index < -0.39 is 26.9 Å². The Bertz CT molecular complexity index is 224. The van der Waals surface area contributed by atoms with Crippen LogP contribution >= 0.6 is 15.2 Å². The molecule has 0 aliphatic carbocycles. The Labute approximate surface area is 66.8 Å². The average molecular weight is 218 g/mol. The third-order valence-corrected chi connectivity index (χ3v) is 4.60. The van der Waals surface area contributed by atoms with Gasteiger partial charge in [0, 0.05) is 0 Å². The van der Waals surface area contributed by atoms with E-state index in [9.17, 15) is 28.7 Å². The van der Waals surface area contributed by atoms with Gasteiger partial charge in [-0.15, -0.1) is 0 Å². The molecule has 0 bridgehead atoms. The fraction of sp³-hybridized carbons (Fsp3) is 1.00. The van der Waals surface area contributed by atoms with Gasteiger partial charge in [0.2, 0.25) is 0 Å². The lowest BCUT2D eigenvalue weighted by atomic mass is 10.8. The Morgan fingerprint density at radius 3 is 1.33 bits per heavy atom. The maximum Gasteiger partial charge on any atom is 0.140 e. The molecule has 10 heteroatoms. The standard InChI is InChI=1S/C2H8O8P2/c3-1-2(4,11(5,6)7)12(8,9)10/h3-4H,1H2,(H2,5,6,7)(H2,8,9,10)/p-4. The second kappa shape index (κ2) is 3.17. The molecule has 0 saturated carbocycles. The molecule has 0 heterocycles. The Kier molecular flexibility index (Phi) is 3.23. The molecule has 8 nitrogen and oxygen atoms in total. The first-order valence-corrected chi connectivity index (χ1v) is 5.52. The van der Waals surface area contributed by atoms with Crippen molar-refractivity contribution in [2.45, 2.75) is 5.08 Å². The van der Waals surface area contributed by atoms with Crippen LogP contribution in [0.4, 0.5) is 0 Å². The predicted octanol–water partition coefficient (Wildman–Crippen LogP) is -4.55. The minimum atomic E-state index is -6.09. The number of aliphatic hydroxyl groups excluding tert-OH is 1. The van der Waals surface area contributed by atoms with Crippen LogP contribution in [0.1, 0.15) is 0 Å². The van der Waals surface area contributed by atoms with E-state index in [0.29, 0.717) is 0 Å². The van der Waals surface area contributed by atoms with E-state index in [1.165, 1.54) is 0 Å². The second-order valence-corrected chi connectivity index (χ2v) is 5.75. The Morgan fingerprint density at radius 1 is 1.08 bits per heavy atom. The average Bonchev–Trinajstić information content (AvgIpc) is 1.81. The zero-order valence-corrected chi connectivity index (χ0v) is 7.23. The monoisotopic (exact) mass is 218 g/mol. The van der Waals surface area contributed by atoms with Gasteiger partial charge in [0.15, 0.2) is 0 Å². The van der Waals surface area contributed by atoms with Gasteiger partial charge in [0.1, 0.15) is 5.08 Å². The Morgan fingerprint density at radius 2 is 1.33 bits per heavy atom. The van der Waals surface area contributed by atoms with Gasteiger partial charge >= 0.3 is 0 Å². The largest absolute Gasteiger partial charge is 0.808 e. The van der Waals surface area contributed by atoms with Gasteiger partial charge in [-0.25, -0.2) is 0 Å². The summed E-state index contributed by atoms with van der Waals surface area (Å²) < 4.78 is 20.0. The topological polar surface area (TPSA) is 167 Å². The van der Waals surface area contributed by atoms with Crippen LogP contribution in [0, 0.1) is 0 Å². The maximum absolute atomic E-state index is 10.0. The Hall–Kier alpha value is 0.220. The smallest absolute Gasteiger partial charge is 0.140 e. The van der Waals surface area contributed by atoms with E-state index in [-0.39, 0.29) is 0 Å². The molecule has 0 aliphatic heterocycles. The highest BCUT2D eigenvalue weighted by atomic mass is 31.2. The molecule has 2 N–H and O–H groups in total. The van der Waals surface area contributed by atoms with Crippen LogP contribution < -0.4 is 19.6 Å². The summed E-state index contributed by atoms with van der Waals surface area (Å²) in [4.78, 5) is 40.1. The zero-order chi connectivity index (χ0) is 10.2. The summed E-state index contributed by atoms with van der Waals surface area (Å²) in [5.41, 5.74) is 0. The van der Waals surface area contributed by atoms with E-state index in [2.05, 4.69) is 0 Å². The summed E-state index contributed by atoms with van der Waals surface area (Å²) in [6.07, 6.45) is 0. The van der Waals surface area contributed by atoms with Gasteiger partial charge < -0.3 is 38.9 Å². The van der Waals surface area contributed by atoms with Crippen LogP contribution in [-0.2, 0) is 9.13 Å². The SMILES string of the molecule is O=P([O-])([O-])C(O)(CO)P(=O)([O-])[O-]. The fourth-order valence-corrected chi connectivity index (χ4v) is 1.87. The van der Waals surface area contributed by atoms with Crippen molar-refractivity contribution in [2.75, 3.05) is 6.61 Å². The normalized spacial score (nSPS) is 14.8.